The third-order valence-corrected chi connectivity index (χ3v) is 4.80. The Morgan fingerprint density at radius 1 is 1.28 bits per heavy atom. The van der Waals surface area contributed by atoms with Crippen LogP contribution in [0.1, 0.15) is 45.4 Å². The van der Waals surface area contributed by atoms with Crippen LogP contribution in [0.2, 0.25) is 0 Å². The summed E-state index contributed by atoms with van der Waals surface area (Å²) in [5.41, 5.74) is 0.521. The number of hydrogen-bond acceptors (Lipinski definition) is 3. The van der Waals surface area contributed by atoms with Crippen molar-refractivity contribution in [2.75, 3.05) is 33.2 Å². The van der Waals surface area contributed by atoms with Gasteiger partial charge in [-0.1, -0.05) is 19.8 Å². The van der Waals surface area contributed by atoms with E-state index in [1.54, 1.807) is 0 Å². The second-order valence-corrected chi connectivity index (χ2v) is 6.68. The van der Waals surface area contributed by atoms with Gasteiger partial charge in [-0.25, -0.2) is 0 Å². The van der Waals surface area contributed by atoms with Gasteiger partial charge >= 0.3 is 0 Å². The van der Waals surface area contributed by atoms with Crippen molar-refractivity contribution in [3.8, 4) is 0 Å². The van der Waals surface area contributed by atoms with Crippen LogP contribution in [0.15, 0.2) is 0 Å². The predicted octanol–water partition coefficient (Wildman–Crippen LogP) is 1.86. The maximum atomic E-state index is 9.35. The second-order valence-electron chi connectivity index (χ2n) is 6.68. The monoisotopic (exact) mass is 254 g/mol. The molecular weight excluding hydrogens is 224 g/mol. The van der Waals surface area contributed by atoms with Crippen LogP contribution in [-0.4, -0.2) is 49.3 Å². The SMILES string of the molecule is CCNCC1(CN(C)CC2CC(O)C2)CCCC1. The molecule has 2 fully saturated rings. The molecule has 106 valence electrons. The molecule has 3 nitrogen and oxygen atoms in total. The molecule has 18 heavy (non-hydrogen) atoms. The van der Waals surface area contributed by atoms with E-state index < -0.39 is 0 Å². The van der Waals surface area contributed by atoms with Gasteiger partial charge in [0.15, 0.2) is 0 Å². The van der Waals surface area contributed by atoms with Gasteiger partial charge in [-0.15, -0.1) is 0 Å². The van der Waals surface area contributed by atoms with Crippen LogP contribution in [0.5, 0.6) is 0 Å². The summed E-state index contributed by atoms with van der Waals surface area (Å²) in [6, 6.07) is 0. The van der Waals surface area contributed by atoms with Gasteiger partial charge in [0.2, 0.25) is 0 Å². The summed E-state index contributed by atoms with van der Waals surface area (Å²) in [7, 11) is 2.26. The number of aliphatic hydroxyl groups is 1. The molecule has 2 rings (SSSR count). The Morgan fingerprint density at radius 3 is 2.50 bits per heavy atom. The predicted molar refractivity (Wildman–Crippen MR) is 75.7 cm³/mol. The van der Waals surface area contributed by atoms with E-state index in [9.17, 15) is 5.11 Å². The lowest BCUT2D eigenvalue weighted by Gasteiger charge is -2.38. The first-order valence-corrected chi connectivity index (χ1v) is 7.71. The van der Waals surface area contributed by atoms with Crippen LogP contribution in [0.3, 0.4) is 0 Å². The summed E-state index contributed by atoms with van der Waals surface area (Å²) in [5.74, 6) is 0.739. The highest BCUT2D eigenvalue weighted by Gasteiger charge is 2.35. The Labute approximate surface area is 112 Å². The number of nitrogens with one attached hydrogen (secondary N) is 1. The van der Waals surface area contributed by atoms with Gasteiger partial charge in [0.25, 0.3) is 0 Å². The van der Waals surface area contributed by atoms with Gasteiger partial charge in [-0.05, 0) is 50.6 Å². The van der Waals surface area contributed by atoms with E-state index in [0.717, 1.165) is 25.3 Å². The molecule has 0 spiro atoms. The Balaban J connectivity index is 1.76. The van der Waals surface area contributed by atoms with E-state index in [4.69, 9.17) is 0 Å². The summed E-state index contributed by atoms with van der Waals surface area (Å²) in [6.07, 6.45) is 7.61. The molecule has 0 atom stereocenters. The zero-order valence-corrected chi connectivity index (χ0v) is 12.1. The molecule has 2 aliphatic carbocycles. The van der Waals surface area contributed by atoms with Crippen molar-refractivity contribution in [3.05, 3.63) is 0 Å². The van der Waals surface area contributed by atoms with Crippen LogP contribution < -0.4 is 5.32 Å². The van der Waals surface area contributed by atoms with Crippen molar-refractivity contribution in [3.63, 3.8) is 0 Å². The Morgan fingerprint density at radius 2 is 1.94 bits per heavy atom. The lowest BCUT2D eigenvalue weighted by atomic mass is 9.81. The third kappa shape index (κ3) is 3.69. The van der Waals surface area contributed by atoms with E-state index in [1.165, 1.54) is 45.3 Å². The van der Waals surface area contributed by atoms with Gasteiger partial charge in [0, 0.05) is 19.6 Å². The molecule has 0 bridgehead atoms. The molecule has 0 saturated heterocycles. The topological polar surface area (TPSA) is 35.5 Å². The van der Waals surface area contributed by atoms with Crippen molar-refractivity contribution < 1.29 is 5.11 Å². The van der Waals surface area contributed by atoms with Crippen molar-refractivity contribution in [2.24, 2.45) is 11.3 Å². The Bertz CT molecular complexity index is 245. The molecule has 0 aliphatic heterocycles. The average Bonchev–Trinajstić information content (AvgIpc) is 2.73. The van der Waals surface area contributed by atoms with Gasteiger partial charge in [0.05, 0.1) is 6.10 Å². The summed E-state index contributed by atoms with van der Waals surface area (Å²) in [4.78, 5) is 2.51. The van der Waals surface area contributed by atoms with Gasteiger partial charge < -0.3 is 15.3 Å². The molecule has 0 heterocycles. The van der Waals surface area contributed by atoms with Crippen LogP contribution >= 0.6 is 0 Å². The number of rotatable bonds is 7. The van der Waals surface area contributed by atoms with Crippen LogP contribution in [0.25, 0.3) is 0 Å². The molecule has 3 heteroatoms. The molecule has 2 N–H and O–H groups in total. The first-order chi connectivity index (χ1) is 8.63. The molecule has 0 unspecified atom stereocenters. The number of hydrogen-bond donors (Lipinski definition) is 2. The molecule has 0 radical (unpaired) electrons. The zero-order valence-electron chi connectivity index (χ0n) is 12.1. The quantitative estimate of drug-likeness (QED) is 0.728. The summed E-state index contributed by atoms with van der Waals surface area (Å²) in [5, 5.41) is 12.9. The molecular formula is C15H30N2O. The lowest BCUT2D eigenvalue weighted by Crippen LogP contribution is -2.44. The molecule has 2 aliphatic rings. The highest BCUT2D eigenvalue weighted by Crippen LogP contribution is 2.38. The van der Waals surface area contributed by atoms with Gasteiger partial charge in [-0.3, -0.25) is 0 Å². The van der Waals surface area contributed by atoms with Crippen molar-refractivity contribution in [1.29, 1.82) is 0 Å². The average molecular weight is 254 g/mol. The summed E-state index contributed by atoms with van der Waals surface area (Å²) in [6.45, 7) is 6.86. The highest BCUT2D eigenvalue weighted by atomic mass is 16.3. The Hall–Kier alpha value is -0.120. The highest BCUT2D eigenvalue weighted by molar-refractivity contribution is 4.90. The van der Waals surface area contributed by atoms with Crippen LogP contribution in [0.4, 0.5) is 0 Å². The van der Waals surface area contributed by atoms with Crippen LogP contribution in [0, 0.1) is 11.3 Å². The normalized spacial score (nSPS) is 30.7. The fraction of sp³-hybridized carbons (Fsp3) is 1.00. The minimum atomic E-state index is -0.00870. The fourth-order valence-corrected chi connectivity index (χ4v) is 3.83. The third-order valence-electron chi connectivity index (χ3n) is 4.80. The Kier molecular flexibility index (Phi) is 5.05. The standard InChI is InChI=1S/C15H30N2O/c1-3-16-11-15(6-4-5-7-15)12-17(2)10-13-8-14(18)9-13/h13-14,16,18H,3-12H2,1-2H3. The van der Waals surface area contributed by atoms with Crippen molar-refractivity contribution in [2.45, 2.75) is 51.6 Å². The van der Waals surface area contributed by atoms with E-state index in [2.05, 4.69) is 24.2 Å². The largest absolute Gasteiger partial charge is 0.393 e. The molecule has 0 aromatic carbocycles. The summed E-state index contributed by atoms with van der Waals surface area (Å²) < 4.78 is 0. The lowest BCUT2D eigenvalue weighted by molar-refractivity contribution is 0.0219. The summed E-state index contributed by atoms with van der Waals surface area (Å²) >= 11 is 0. The number of aliphatic hydroxyl groups excluding tert-OH is 1. The molecule has 0 aromatic heterocycles. The molecule has 0 aromatic rings. The van der Waals surface area contributed by atoms with E-state index in [0.29, 0.717) is 5.41 Å². The maximum Gasteiger partial charge on any atom is 0.0546 e. The maximum absolute atomic E-state index is 9.35. The minimum Gasteiger partial charge on any atom is -0.393 e. The minimum absolute atomic E-state index is 0.00870. The fourth-order valence-electron chi connectivity index (χ4n) is 3.83. The zero-order chi connectivity index (χ0) is 13.0. The molecule has 0 amide bonds. The van der Waals surface area contributed by atoms with E-state index >= 15 is 0 Å². The van der Waals surface area contributed by atoms with Crippen LogP contribution in [-0.2, 0) is 0 Å². The molecule has 2 saturated carbocycles. The first kappa shape index (κ1) is 14.3. The first-order valence-electron chi connectivity index (χ1n) is 7.71. The van der Waals surface area contributed by atoms with Gasteiger partial charge in [0.1, 0.15) is 0 Å². The smallest absolute Gasteiger partial charge is 0.0546 e. The van der Waals surface area contributed by atoms with Gasteiger partial charge in [-0.2, -0.15) is 0 Å². The van der Waals surface area contributed by atoms with Crippen molar-refractivity contribution >= 4 is 0 Å². The van der Waals surface area contributed by atoms with E-state index in [1.807, 2.05) is 0 Å². The van der Waals surface area contributed by atoms with E-state index in [-0.39, 0.29) is 6.10 Å². The number of nitrogens with zero attached hydrogens (tertiary/aromatic N) is 1. The second kappa shape index (κ2) is 6.36. The van der Waals surface area contributed by atoms with Crippen molar-refractivity contribution in [1.82, 2.24) is 10.2 Å².